The van der Waals surface area contributed by atoms with Crippen molar-refractivity contribution in [2.75, 3.05) is 18.9 Å². The van der Waals surface area contributed by atoms with Crippen LogP contribution in [0.2, 0.25) is 0 Å². The zero-order valence-electron chi connectivity index (χ0n) is 13.1. The number of hydrogen-bond donors (Lipinski definition) is 2. The van der Waals surface area contributed by atoms with Gasteiger partial charge in [0.1, 0.15) is 5.69 Å². The molecule has 0 fully saturated rings. The van der Waals surface area contributed by atoms with Gasteiger partial charge in [0.2, 0.25) is 0 Å². The van der Waals surface area contributed by atoms with Crippen LogP contribution in [0.15, 0.2) is 36.5 Å². The highest BCUT2D eigenvalue weighted by Crippen LogP contribution is 2.30. The van der Waals surface area contributed by atoms with Gasteiger partial charge in [-0.2, -0.15) is 18.3 Å². The van der Waals surface area contributed by atoms with Gasteiger partial charge in [-0.3, -0.25) is 4.79 Å². The fraction of sp³-hybridized carbons (Fsp3) is 0.267. The van der Waals surface area contributed by atoms with E-state index in [2.05, 4.69) is 10.4 Å². The first kappa shape index (κ1) is 18.3. The number of carboxylic acids is 1. The summed E-state index contributed by atoms with van der Waals surface area (Å²) >= 11 is 0. The molecule has 7 nitrogen and oxygen atoms in total. The van der Waals surface area contributed by atoms with Crippen LogP contribution in [-0.2, 0) is 11.0 Å². The van der Waals surface area contributed by atoms with Crippen molar-refractivity contribution in [3.63, 3.8) is 0 Å². The number of urea groups is 1. The van der Waals surface area contributed by atoms with Crippen LogP contribution in [0.25, 0.3) is 5.69 Å². The Morgan fingerprint density at radius 2 is 1.88 bits per heavy atom. The SMILES string of the molecule is CN(CCC(=O)O)C(=O)Nc1ccc(-n2nccc2C(F)(F)F)cc1. The van der Waals surface area contributed by atoms with Crippen LogP contribution in [-0.4, -0.2) is 45.4 Å². The number of hydrogen-bond acceptors (Lipinski definition) is 3. The van der Waals surface area contributed by atoms with Gasteiger partial charge in [-0.05, 0) is 30.3 Å². The van der Waals surface area contributed by atoms with E-state index >= 15 is 0 Å². The predicted molar refractivity (Wildman–Crippen MR) is 82.5 cm³/mol. The number of benzene rings is 1. The molecular formula is C15H15F3N4O3. The summed E-state index contributed by atoms with van der Waals surface area (Å²) < 4.78 is 39.4. The molecule has 0 radical (unpaired) electrons. The van der Waals surface area contributed by atoms with Crippen molar-refractivity contribution in [1.82, 2.24) is 14.7 Å². The van der Waals surface area contributed by atoms with Gasteiger partial charge in [0.25, 0.3) is 0 Å². The van der Waals surface area contributed by atoms with Crippen LogP contribution in [0.5, 0.6) is 0 Å². The lowest BCUT2D eigenvalue weighted by molar-refractivity contribution is -0.143. The van der Waals surface area contributed by atoms with Gasteiger partial charge in [-0.1, -0.05) is 0 Å². The molecule has 1 heterocycles. The molecule has 1 aromatic heterocycles. The summed E-state index contributed by atoms with van der Waals surface area (Å²) in [5.41, 5.74) is -0.358. The summed E-state index contributed by atoms with van der Waals surface area (Å²) in [6, 6.07) is 5.97. The molecular weight excluding hydrogens is 341 g/mol. The minimum absolute atomic E-state index is 0.0292. The van der Waals surface area contributed by atoms with Crippen LogP contribution < -0.4 is 5.32 Å². The highest BCUT2D eigenvalue weighted by Gasteiger charge is 2.35. The Morgan fingerprint density at radius 1 is 1.24 bits per heavy atom. The molecule has 0 atom stereocenters. The third kappa shape index (κ3) is 4.72. The zero-order chi connectivity index (χ0) is 18.6. The molecule has 2 rings (SSSR count). The largest absolute Gasteiger partial charge is 0.481 e. The van der Waals surface area contributed by atoms with Gasteiger partial charge >= 0.3 is 18.2 Å². The van der Waals surface area contributed by atoms with E-state index in [1.165, 1.54) is 36.2 Å². The fourth-order valence-electron chi connectivity index (χ4n) is 1.99. The Morgan fingerprint density at radius 3 is 2.44 bits per heavy atom. The number of nitrogens with one attached hydrogen (secondary N) is 1. The third-order valence-corrected chi connectivity index (χ3v) is 3.30. The van der Waals surface area contributed by atoms with Crippen LogP contribution in [0.3, 0.4) is 0 Å². The second kappa shape index (κ2) is 7.24. The van der Waals surface area contributed by atoms with E-state index in [0.717, 1.165) is 16.9 Å². The van der Waals surface area contributed by atoms with Crippen molar-refractivity contribution in [2.45, 2.75) is 12.6 Å². The molecule has 1 aromatic carbocycles. The Bertz CT molecular complexity index is 756. The van der Waals surface area contributed by atoms with Gasteiger partial charge < -0.3 is 15.3 Å². The molecule has 0 saturated carbocycles. The first-order chi connectivity index (χ1) is 11.7. The molecule has 0 spiro atoms. The van der Waals surface area contributed by atoms with E-state index < -0.39 is 23.9 Å². The van der Waals surface area contributed by atoms with Crippen molar-refractivity contribution < 1.29 is 27.9 Å². The van der Waals surface area contributed by atoms with Crippen molar-refractivity contribution in [2.24, 2.45) is 0 Å². The second-order valence-corrected chi connectivity index (χ2v) is 5.17. The molecule has 2 aromatic rings. The first-order valence-corrected chi connectivity index (χ1v) is 7.14. The number of aliphatic carboxylic acids is 1. The number of halogens is 3. The van der Waals surface area contributed by atoms with Gasteiger partial charge in [-0.25, -0.2) is 9.48 Å². The van der Waals surface area contributed by atoms with Gasteiger partial charge in [0.15, 0.2) is 0 Å². The number of carboxylic acid groups (broad SMARTS) is 1. The summed E-state index contributed by atoms with van der Waals surface area (Å²) in [5.74, 6) is -1.02. The highest BCUT2D eigenvalue weighted by molar-refractivity contribution is 5.89. The maximum Gasteiger partial charge on any atom is 0.433 e. The standard InChI is InChI=1S/C15H15F3N4O3/c1-21(9-7-13(23)24)14(25)20-10-2-4-11(5-3-10)22-12(6-8-19-22)15(16,17)18/h2-6,8H,7,9H2,1H3,(H,20,25)(H,23,24). The number of amides is 2. The monoisotopic (exact) mass is 356 g/mol. The maximum atomic E-state index is 12.9. The second-order valence-electron chi connectivity index (χ2n) is 5.17. The first-order valence-electron chi connectivity index (χ1n) is 7.14. The van der Waals surface area contributed by atoms with Crippen molar-refractivity contribution in [3.05, 3.63) is 42.2 Å². The van der Waals surface area contributed by atoms with Gasteiger partial charge in [0, 0.05) is 19.3 Å². The van der Waals surface area contributed by atoms with Crippen LogP contribution >= 0.6 is 0 Å². The number of anilines is 1. The number of carbonyl (C=O) groups is 2. The molecule has 25 heavy (non-hydrogen) atoms. The summed E-state index contributed by atoms with van der Waals surface area (Å²) in [6.45, 7) is 0.0292. The van der Waals surface area contributed by atoms with E-state index in [0.29, 0.717) is 5.69 Å². The number of aromatic nitrogens is 2. The quantitative estimate of drug-likeness (QED) is 0.862. The van der Waals surface area contributed by atoms with Crippen molar-refractivity contribution >= 4 is 17.7 Å². The Kier molecular flexibility index (Phi) is 5.30. The van der Waals surface area contributed by atoms with E-state index in [-0.39, 0.29) is 18.7 Å². The van der Waals surface area contributed by atoms with Gasteiger partial charge in [0.05, 0.1) is 18.3 Å². The van der Waals surface area contributed by atoms with Crippen molar-refractivity contribution in [3.8, 4) is 5.69 Å². The normalized spacial score (nSPS) is 11.2. The van der Waals surface area contributed by atoms with Crippen LogP contribution in [0.4, 0.5) is 23.7 Å². The molecule has 2 amide bonds. The summed E-state index contributed by atoms with van der Waals surface area (Å²) in [5, 5.41) is 14.8. The number of nitrogens with zero attached hydrogens (tertiary/aromatic N) is 3. The summed E-state index contributed by atoms with van der Waals surface area (Å²) in [6.07, 6.45) is -3.67. The van der Waals surface area contributed by atoms with E-state index in [4.69, 9.17) is 5.11 Å². The maximum absolute atomic E-state index is 12.9. The molecule has 0 saturated heterocycles. The van der Waals surface area contributed by atoms with E-state index in [9.17, 15) is 22.8 Å². The minimum Gasteiger partial charge on any atom is -0.481 e. The lowest BCUT2D eigenvalue weighted by Gasteiger charge is -2.17. The number of rotatable bonds is 5. The summed E-state index contributed by atoms with van der Waals surface area (Å²) in [7, 11) is 1.44. The third-order valence-electron chi connectivity index (χ3n) is 3.30. The molecule has 0 aliphatic rings. The smallest absolute Gasteiger partial charge is 0.433 e. The van der Waals surface area contributed by atoms with Gasteiger partial charge in [-0.15, -0.1) is 0 Å². The predicted octanol–water partition coefficient (Wildman–Crippen LogP) is 2.83. The van der Waals surface area contributed by atoms with E-state index in [1.54, 1.807) is 0 Å². The average Bonchev–Trinajstić information content (AvgIpc) is 3.03. The molecule has 134 valence electrons. The molecule has 0 bridgehead atoms. The number of alkyl halides is 3. The minimum atomic E-state index is -4.53. The topological polar surface area (TPSA) is 87.5 Å². The van der Waals surface area contributed by atoms with Crippen LogP contribution in [0, 0.1) is 0 Å². The Hall–Kier alpha value is -3.04. The lowest BCUT2D eigenvalue weighted by Crippen LogP contribution is -2.33. The highest BCUT2D eigenvalue weighted by atomic mass is 19.4. The fourth-order valence-corrected chi connectivity index (χ4v) is 1.99. The average molecular weight is 356 g/mol. The lowest BCUT2D eigenvalue weighted by atomic mass is 10.2. The molecule has 10 heteroatoms. The summed E-state index contributed by atoms with van der Waals surface area (Å²) in [4.78, 5) is 23.6. The van der Waals surface area contributed by atoms with Crippen molar-refractivity contribution in [1.29, 1.82) is 0 Å². The molecule has 2 N–H and O–H groups in total. The van der Waals surface area contributed by atoms with E-state index in [1.807, 2.05) is 0 Å². The van der Waals surface area contributed by atoms with Crippen LogP contribution in [0.1, 0.15) is 12.1 Å². The molecule has 0 aliphatic carbocycles. The Balaban J connectivity index is 2.07. The zero-order valence-corrected chi connectivity index (χ0v) is 13.1. The molecule has 0 unspecified atom stereocenters. The Labute approximate surface area is 140 Å². The molecule has 0 aliphatic heterocycles. The number of carbonyl (C=O) groups excluding carboxylic acids is 1.